The molecule has 4 aromatic carbocycles. The number of carbonyl (C=O) groups excluding carboxylic acids is 2. The monoisotopic (exact) mass is 650 g/mol. The molecule has 0 aliphatic carbocycles. The van der Waals surface area contributed by atoms with Gasteiger partial charge in [-0.2, -0.15) is 5.10 Å². The molecule has 0 saturated carbocycles. The standard InChI is InChI=1S/C36H32Cl2N6O2/c1-42-24(11-13-34(46)44-20-22(18-38)36-28-9-5-3-7-26(28)30(40)16-32(36)44)14-23(41-42)10-12-33(45)43-19-21(17-37)35-27-8-4-2-6-25(27)29(39)15-31(35)43/h2-16,21-22H,17-20,39-40H2,1H3/b12-10+,13-11+. The Morgan fingerprint density at radius 3 is 1.70 bits per heavy atom. The fourth-order valence-electron chi connectivity index (χ4n) is 6.85. The Balaban J connectivity index is 1.10. The molecular formula is C36H32Cl2N6O2. The molecule has 46 heavy (non-hydrogen) atoms. The normalized spacial score (nSPS) is 17.5. The summed E-state index contributed by atoms with van der Waals surface area (Å²) < 4.78 is 1.67. The van der Waals surface area contributed by atoms with E-state index in [2.05, 4.69) is 5.10 Å². The zero-order valence-electron chi connectivity index (χ0n) is 25.2. The lowest BCUT2D eigenvalue weighted by Crippen LogP contribution is -2.28. The quantitative estimate of drug-likeness (QED) is 0.121. The van der Waals surface area contributed by atoms with Crippen LogP contribution in [0.25, 0.3) is 33.7 Å². The summed E-state index contributed by atoms with van der Waals surface area (Å²) in [5.41, 5.74) is 19.0. The lowest BCUT2D eigenvalue weighted by atomic mass is 9.95. The van der Waals surface area contributed by atoms with Gasteiger partial charge >= 0.3 is 0 Å². The molecule has 0 bridgehead atoms. The van der Waals surface area contributed by atoms with E-state index in [1.807, 2.05) is 66.7 Å². The van der Waals surface area contributed by atoms with Crippen molar-refractivity contribution in [1.29, 1.82) is 0 Å². The minimum absolute atomic E-state index is 0.00101. The molecule has 0 spiro atoms. The van der Waals surface area contributed by atoms with E-state index < -0.39 is 0 Å². The van der Waals surface area contributed by atoms with E-state index in [0.717, 1.165) is 44.0 Å². The number of halogens is 2. The summed E-state index contributed by atoms with van der Waals surface area (Å²) in [5.74, 6) is 0.427. The molecule has 2 aliphatic heterocycles. The van der Waals surface area contributed by atoms with Crippen LogP contribution in [0.3, 0.4) is 0 Å². The number of hydrogen-bond acceptors (Lipinski definition) is 5. The summed E-state index contributed by atoms with van der Waals surface area (Å²) in [6, 6.07) is 21.4. The van der Waals surface area contributed by atoms with Gasteiger partial charge in [0, 0.05) is 78.0 Å². The Morgan fingerprint density at radius 2 is 1.22 bits per heavy atom. The molecule has 2 aliphatic rings. The summed E-state index contributed by atoms with van der Waals surface area (Å²) in [7, 11) is 1.79. The van der Waals surface area contributed by atoms with Gasteiger partial charge < -0.3 is 21.3 Å². The number of amides is 2. The predicted octanol–water partition coefficient (Wildman–Crippen LogP) is 6.66. The number of hydrogen-bond donors (Lipinski definition) is 2. The summed E-state index contributed by atoms with van der Waals surface area (Å²) in [6.07, 6.45) is 6.44. The Morgan fingerprint density at radius 1 is 0.761 bits per heavy atom. The fraction of sp³-hybridized carbons (Fsp3) is 0.194. The number of anilines is 4. The maximum Gasteiger partial charge on any atom is 0.251 e. The smallest absolute Gasteiger partial charge is 0.251 e. The van der Waals surface area contributed by atoms with E-state index in [0.29, 0.717) is 47.6 Å². The van der Waals surface area contributed by atoms with Gasteiger partial charge in [-0.3, -0.25) is 14.3 Å². The van der Waals surface area contributed by atoms with Crippen LogP contribution in [0.2, 0.25) is 0 Å². The summed E-state index contributed by atoms with van der Waals surface area (Å²) in [4.78, 5) is 30.4. The first-order valence-corrected chi connectivity index (χ1v) is 16.1. The highest BCUT2D eigenvalue weighted by molar-refractivity contribution is 6.20. The maximum absolute atomic E-state index is 13.5. The number of nitrogens with two attached hydrogens (primary N) is 2. The van der Waals surface area contributed by atoms with Crippen LogP contribution in [0.1, 0.15) is 34.4 Å². The third kappa shape index (κ3) is 4.98. The van der Waals surface area contributed by atoms with Crippen molar-refractivity contribution >= 4 is 91.5 Å². The summed E-state index contributed by atoms with van der Waals surface area (Å²) in [6.45, 7) is 0.946. The van der Waals surface area contributed by atoms with Gasteiger partial charge in [-0.1, -0.05) is 48.5 Å². The maximum atomic E-state index is 13.5. The number of carbonyl (C=O) groups is 2. The SMILES string of the molecule is Cn1nc(/C=C/C(=O)N2CC(CCl)c3c2cc(N)c2ccccc32)cc1/C=C/C(=O)N1CC(CCl)c2c1cc(N)c1ccccc21. The molecule has 2 amide bonds. The number of aromatic nitrogens is 2. The predicted molar refractivity (Wildman–Crippen MR) is 190 cm³/mol. The van der Waals surface area contributed by atoms with Crippen LogP contribution in [-0.2, 0) is 16.6 Å². The van der Waals surface area contributed by atoms with Crippen LogP contribution in [0.15, 0.2) is 78.9 Å². The molecule has 2 unspecified atom stereocenters. The molecule has 5 aromatic rings. The highest BCUT2D eigenvalue weighted by atomic mass is 35.5. The molecule has 4 N–H and O–H groups in total. The van der Waals surface area contributed by atoms with Crippen LogP contribution in [0.5, 0.6) is 0 Å². The van der Waals surface area contributed by atoms with Gasteiger partial charge in [0.2, 0.25) is 0 Å². The van der Waals surface area contributed by atoms with E-state index in [4.69, 9.17) is 34.7 Å². The molecule has 1 aromatic heterocycles. The van der Waals surface area contributed by atoms with Gasteiger partial charge in [0.1, 0.15) is 0 Å². The number of benzene rings is 4. The van der Waals surface area contributed by atoms with Crippen molar-refractivity contribution in [3.05, 3.63) is 101 Å². The van der Waals surface area contributed by atoms with Crippen molar-refractivity contribution in [2.75, 3.05) is 46.1 Å². The molecule has 7 rings (SSSR count). The highest BCUT2D eigenvalue weighted by Gasteiger charge is 2.34. The zero-order valence-corrected chi connectivity index (χ0v) is 26.7. The average Bonchev–Trinajstić information content (AvgIpc) is 3.75. The van der Waals surface area contributed by atoms with Gasteiger partial charge in [-0.15, -0.1) is 23.2 Å². The molecule has 232 valence electrons. The number of alkyl halides is 2. The van der Waals surface area contributed by atoms with Crippen LogP contribution in [0.4, 0.5) is 22.7 Å². The Labute approximate surface area is 276 Å². The minimum atomic E-state index is -0.185. The summed E-state index contributed by atoms with van der Waals surface area (Å²) in [5, 5.41) is 8.49. The van der Waals surface area contributed by atoms with Gasteiger partial charge in [-0.25, -0.2) is 0 Å². The van der Waals surface area contributed by atoms with Gasteiger partial charge in [0.05, 0.1) is 22.8 Å². The van der Waals surface area contributed by atoms with Crippen molar-refractivity contribution in [2.45, 2.75) is 11.8 Å². The van der Waals surface area contributed by atoms with Crippen molar-refractivity contribution in [2.24, 2.45) is 7.05 Å². The third-order valence-electron chi connectivity index (χ3n) is 9.03. The van der Waals surface area contributed by atoms with Gasteiger partial charge in [0.25, 0.3) is 11.8 Å². The first-order chi connectivity index (χ1) is 22.3. The second kappa shape index (κ2) is 11.9. The highest BCUT2D eigenvalue weighted by Crippen LogP contribution is 2.45. The fourth-order valence-corrected chi connectivity index (χ4v) is 7.35. The van der Waals surface area contributed by atoms with Crippen molar-refractivity contribution < 1.29 is 9.59 Å². The van der Waals surface area contributed by atoms with Crippen molar-refractivity contribution in [3.8, 4) is 0 Å². The number of rotatable bonds is 6. The molecule has 8 nitrogen and oxygen atoms in total. The number of aryl methyl sites for hydroxylation is 1. The van der Waals surface area contributed by atoms with E-state index in [1.54, 1.807) is 33.7 Å². The molecule has 10 heteroatoms. The van der Waals surface area contributed by atoms with E-state index >= 15 is 0 Å². The van der Waals surface area contributed by atoms with E-state index in [1.165, 1.54) is 12.2 Å². The minimum Gasteiger partial charge on any atom is -0.398 e. The largest absolute Gasteiger partial charge is 0.398 e. The number of nitrogen functional groups attached to an aromatic ring is 2. The Bertz CT molecular complexity index is 2100. The van der Waals surface area contributed by atoms with Crippen LogP contribution < -0.4 is 21.3 Å². The lowest BCUT2D eigenvalue weighted by Gasteiger charge is -2.16. The number of fused-ring (bicyclic) bond motifs is 6. The van der Waals surface area contributed by atoms with E-state index in [-0.39, 0.29) is 23.7 Å². The molecular weight excluding hydrogens is 619 g/mol. The zero-order chi connectivity index (χ0) is 32.1. The summed E-state index contributed by atoms with van der Waals surface area (Å²) >= 11 is 12.7. The second-order valence-corrected chi connectivity index (χ2v) is 12.4. The van der Waals surface area contributed by atoms with Gasteiger partial charge in [-0.05, 0) is 52.3 Å². The number of nitrogens with zero attached hydrogens (tertiary/aromatic N) is 4. The molecule has 3 heterocycles. The van der Waals surface area contributed by atoms with Crippen LogP contribution in [-0.4, -0.2) is 46.4 Å². The molecule has 0 radical (unpaired) electrons. The Hall–Kier alpha value is -4.79. The Kier molecular flexibility index (Phi) is 7.71. The van der Waals surface area contributed by atoms with Crippen LogP contribution >= 0.6 is 23.2 Å². The van der Waals surface area contributed by atoms with Crippen LogP contribution in [0, 0.1) is 0 Å². The van der Waals surface area contributed by atoms with Gasteiger partial charge in [0.15, 0.2) is 0 Å². The van der Waals surface area contributed by atoms with Crippen molar-refractivity contribution in [1.82, 2.24) is 9.78 Å². The first kappa shape index (κ1) is 29.9. The van der Waals surface area contributed by atoms with E-state index in [9.17, 15) is 9.59 Å². The second-order valence-electron chi connectivity index (χ2n) is 11.8. The molecule has 0 saturated heterocycles. The lowest BCUT2D eigenvalue weighted by molar-refractivity contribution is -0.114. The topological polar surface area (TPSA) is 110 Å². The molecule has 2 atom stereocenters. The van der Waals surface area contributed by atoms with Crippen molar-refractivity contribution in [3.63, 3.8) is 0 Å². The molecule has 0 fully saturated rings. The average molecular weight is 652 g/mol. The third-order valence-corrected chi connectivity index (χ3v) is 9.77. The first-order valence-electron chi connectivity index (χ1n) is 15.1.